The Balaban J connectivity index is 2.84. The van der Waals surface area contributed by atoms with E-state index in [4.69, 9.17) is 17.3 Å². The second-order valence-corrected chi connectivity index (χ2v) is 2.88. The van der Waals surface area contributed by atoms with Crippen molar-refractivity contribution in [3.63, 3.8) is 0 Å². The van der Waals surface area contributed by atoms with Crippen LogP contribution in [0.4, 0.5) is 5.82 Å². The summed E-state index contributed by atoms with van der Waals surface area (Å²) < 4.78 is 0. The Labute approximate surface area is 75.0 Å². The third kappa shape index (κ3) is 1.10. The van der Waals surface area contributed by atoms with E-state index < -0.39 is 0 Å². The molecule has 0 bridgehead atoms. The van der Waals surface area contributed by atoms with Crippen LogP contribution < -0.4 is 5.73 Å². The summed E-state index contributed by atoms with van der Waals surface area (Å²) in [7, 11) is 0. The predicted octanol–water partition coefficient (Wildman–Crippen LogP) is 2.27. The van der Waals surface area contributed by atoms with E-state index in [2.05, 4.69) is 11.1 Å². The van der Waals surface area contributed by atoms with E-state index in [0.717, 1.165) is 10.9 Å². The first-order chi connectivity index (χ1) is 5.77. The Morgan fingerprint density at radius 2 is 2.33 bits per heavy atom. The van der Waals surface area contributed by atoms with Gasteiger partial charge in [-0.3, -0.25) is 0 Å². The van der Waals surface area contributed by atoms with Crippen LogP contribution in [-0.4, -0.2) is 4.98 Å². The van der Waals surface area contributed by atoms with Crippen molar-refractivity contribution in [1.82, 2.24) is 4.98 Å². The van der Waals surface area contributed by atoms with Gasteiger partial charge in [-0.2, -0.15) is 0 Å². The standard InChI is InChI=1S/C9H6ClN2/c10-7-5-6-3-1-2-4-8(6)12-9(7)11/h1,3-5H,(H2,11,12). The Kier molecular flexibility index (Phi) is 1.62. The van der Waals surface area contributed by atoms with Crippen LogP contribution in [0.15, 0.2) is 24.3 Å². The van der Waals surface area contributed by atoms with Gasteiger partial charge in [0.05, 0.1) is 10.5 Å². The Hall–Kier alpha value is -1.28. The van der Waals surface area contributed by atoms with Crippen LogP contribution in [-0.2, 0) is 0 Å². The third-order valence-corrected chi connectivity index (χ3v) is 1.95. The van der Waals surface area contributed by atoms with Crippen molar-refractivity contribution in [2.75, 3.05) is 5.73 Å². The molecule has 1 heterocycles. The smallest absolute Gasteiger partial charge is 0.142 e. The molecular weight excluding hydrogens is 172 g/mol. The minimum Gasteiger partial charge on any atom is -0.382 e. The molecule has 59 valence electrons. The van der Waals surface area contributed by atoms with Gasteiger partial charge < -0.3 is 5.73 Å². The molecule has 2 rings (SSSR count). The lowest BCUT2D eigenvalue weighted by atomic mass is 10.2. The molecule has 1 aromatic carbocycles. The summed E-state index contributed by atoms with van der Waals surface area (Å²) >= 11 is 5.79. The fraction of sp³-hybridized carbons (Fsp3) is 0. The highest BCUT2D eigenvalue weighted by atomic mass is 35.5. The fourth-order valence-electron chi connectivity index (χ4n) is 1.05. The van der Waals surface area contributed by atoms with Crippen LogP contribution in [0.5, 0.6) is 0 Å². The van der Waals surface area contributed by atoms with E-state index >= 15 is 0 Å². The van der Waals surface area contributed by atoms with E-state index in [1.807, 2.05) is 12.1 Å². The van der Waals surface area contributed by atoms with Crippen LogP contribution in [0.1, 0.15) is 0 Å². The SMILES string of the molecule is Nc1nc2c[c]ccc2cc1Cl. The lowest BCUT2D eigenvalue weighted by Crippen LogP contribution is -1.91. The molecule has 0 spiro atoms. The minimum atomic E-state index is 0.365. The number of nitrogens with zero attached hydrogens (tertiary/aromatic N) is 1. The first-order valence-corrected chi connectivity index (χ1v) is 3.87. The summed E-state index contributed by atoms with van der Waals surface area (Å²) in [5.41, 5.74) is 6.35. The van der Waals surface area contributed by atoms with Crippen molar-refractivity contribution in [2.24, 2.45) is 0 Å². The molecule has 0 saturated heterocycles. The quantitative estimate of drug-likeness (QED) is 0.671. The Morgan fingerprint density at radius 3 is 3.17 bits per heavy atom. The molecule has 0 unspecified atom stereocenters. The molecule has 0 amide bonds. The Morgan fingerprint density at radius 1 is 1.50 bits per heavy atom. The predicted molar refractivity (Wildman–Crippen MR) is 50.0 cm³/mol. The third-order valence-electron chi connectivity index (χ3n) is 1.64. The highest BCUT2D eigenvalue weighted by molar-refractivity contribution is 6.33. The van der Waals surface area contributed by atoms with Crippen LogP contribution >= 0.6 is 11.6 Å². The molecule has 1 aromatic heterocycles. The number of nitrogen functional groups attached to an aromatic ring is 1. The maximum absolute atomic E-state index is 5.79. The monoisotopic (exact) mass is 177 g/mol. The largest absolute Gasteiger partial charge is 0.382 e. The molecule has 1 radical (unpaired) electrons. The van der Waals surface area contributed by atoms with Gasteiger partial charge in [0.2, 0.25) is 0 Å². The van der Waals surface area contributed by atoms with E-state index in [0.29, 0.717) is 10.8 Å². The van der Waals surface area contributed by atoms with Crippen LogP contribution in [0.3, 0.4) is 0 Å². The zero-order valence-electron chi connectivity index (χ0n) is 6.21. The van der Waals surface area contributed by atoms with Crippen LogP contribution in [0.2, 0.25) is 5.02 Å². The summed E-state index contributed by atoms with van der Waals surface area (Å²) in [6.45, 7) is 0. The van der Waals surface area contributed by atoms with Crippen LogP contribution in [0.25, 0.3) is 10.9 Å². The Bertz CT molecular complexity index is 385. The summed E-state index contributed by atoms with van der Waals surface area (Å²) in [4.78, 5) is 4.09. The van der Waals surface area contributed by atoms with E-state index in [9.17, 15) is 0 Å². The van der Waals surface area contributed by atoms with Gasteiger partial charge in [-0.25, -0.2) is 4.98 Å². The van der Waals surface area contributed by atoms with Crippen molar-refractivity contribution >= 4 is 28.3 Å². The van der Waals surface area contributed by atoms with E-state index in [1.165, 1.54) is 0 Å². The van der Waals surface area contributed by atoms with Crippen molar-refractivity contribution in [3.05, 3.63) is 35.4 Å². The summed E-state index contributed by atoms with van der Waals surface area (Å²) in [6.07, 6.45) is 0. The number of benzene rings is 1. The molecule has 0 saturated carbocycles. The maximum atomic E-state index is 5.79. The molecule has 0 fully saturated rings. The second-order valence-electron chi connectivity index (χ2n) is 2.47. The van der Waals surface area contributed by atoms with E-state index in [1.54, 1.807) is 12.1 Å². The number of pyridine rings is 1. The average Bonchev–Trinajstić information content (AvgIpc) is 2.07. The number of nitrogens with two attached hydrogens (primary N) is 1. The molecule has 2 aromatic rings. The number of fused-ring (bicyclic) bond motifs is 1. The molecule has 0 aliphatic heterocycles. The maximum Gasteiger partial charge on any atom is 0.142 e. The fourth-order valence-corrected chi connectivity index (χ4v) is 1.21. The van der Waals surface area contributed by atoms with Gasteiger partial charge in [0.15, 0.2) is 0 Å². The van der Waals surface area contributed by atoms with Crippen LogP contribution in [0, 0.1) is 6.07 Å². The van der Waals surface area contributed by atoms with Gasteiger partial charge in [0, 0.05) is 5.39 Å². The molecule has 0 aliphatic carbocycles. The number of anilines is 1. The van der Waals surface area contributed by atoms with Crippen molar-refractivity contribution < 1.29 is 0 Å². The molecule has 2 N–H and O–H groups in total. The highest BCUT2D eigenvalue weighted by Gasteiger charge is 1.99. The van der Waals surface area contributed by atoms with Gasteiger partial charge >= 0.3 is 0 Å². The number of rotatable bonds is 0. The summed E-state index contributed by atoms with van der Waals surface area (Å²) in [5, 5.41) is 1.47. The molecule has 0 atom stereocenters. The van der Waals surface area contributed by atoms with Crippen molar-refractivity contribution in [2.45, 2.75) is 0 Å². The first-order valence-electron chi connectivity index (χ1n) is 3.49. The lowest BCUT2D eigenvalue weighted by Gasteiger charge is -1.99. The molecule has 0 aliphatic rings. The van der Waals surface area contributed by atoms with E-state index in [-0.39, 0.29) is 0 Å². The van der Waals surface area contributed by atoms with Gasteiger partial charge in [0.1, 0.15) is 5.82 Å². The number of aromatic nitrogens is 1. The summed E-state index contributed by atoms with van der Waals surface area (Å²) in [5.74, 6) is 0.365. The van der Waals surface area contributed by atoms with Gasteiger partial charge in [-0.15, -0.1) is 0 Å². The van der Waals surface area contributed by atoms with Gasteiger partial charge in [-0.05, 0) is 18.2 Å². The molecule has 12 heavy (non-hydrogen) atoms. The van der Waals surface area contributed by atoms with Crippen molar-refractivity contribution in [3.8, 4) is 0 Å². The van der Waals surface area contributed by atoms with Gasteiger partial charge in [0.25, 0.3) is 0 Å². The highest BCUT2D eigenvalue weighted by Crippen LogP contribution is 2.21. The number of halogens is 1. The minimum absolute atomic E-state index is 0.365. The summed E-state index contributed by atoms with van der Waals surface area (Å²) in [6, 6.07) is 10.2. The normalized spacial score (nSPS) is 10.4. The molecule has 2 nitrogen and oxygen atoms in total. The number of hydrogen-bond acceptors (Lipinski definition) is 2. The van der Waals surface area contributed by atoms with Crippen molar-refractivity contribution in [1.29, 1.82) is 0 Å². The topological polar surface area (TPSA) is 38.9 Å². The second kappa shape index (κ2) is 2.64. The lowest BCUT2D eigenvalue weighted by molar-refractivity contribution is 1.41. The van der Waals surface area contributed by atoms with Gasteiger partial charge in [-0.1, -0.05) is 23.7 Å². The zero-order chi connectivity index (χ0) is 8.55. The molecule has 3 heteroatoms. The zero-order valence-corrected chi connectivity index (χ0v) is 6.97. The number of hydrogen-bond donors (Lipinski definition) is 1. The molecular formula is C9H6ClN2. The average molecular weight is 178 g/mol. The first kappa shape index (κ1) is 7.37.